The zero-order valence-electron chi connectivity index (χ0n) is 17.3. The highest BCUT2D eigenvalue weighted by molar-refractivity contribution is 7.88. The third-order valence-corrected chi connectivity index (χ3v) is 5.48. The smallest absolute Gasteiger partial charge is 0.251 e. The maximum Gasteiger partial charge on any atom is 0.251 e. The lowest BCUT2D eigenvalue weighted by atomic mass is 10.0. The lowest BCUT2D eigenvalue weighted by Crippen LogP contribution is -2.57. The van der Waals surface area contributed by atoms with Gasteiger partial charge in [-0.1, -0.05) is 19.9 Å². The number of nitrogens with zero attached hydrogens (tertiary/aromatic N) is 2. The average Bonchev–Trinajstić information content (AvgIpc) is 3.00. The Morgan fingerprint density at radius 2 is 1.97 bits per heavy atom. The van der Waals surface area contributed by atoms with Gasteiger partial charge in [-0.05, 0) is 37.9 Å². The van der Waals surface area contributed by atoms with Gasteiger partial charge in [0.15, 0.2) is 0 Å². The Kier molecular flexibility index (Phi) is 9.01. The fourth-order valence-electron chi connectivity index (χ4n) is 3.09. The van der Waals surface area contributed by atoms with E-state index in [1.165, 1.54) is 4.90 Å². The van der Waals surface area contributed by atoms with E-state index in [0.717, 1.165) is 11.8 Å². The van der Waals surface area contributed by atoms with Gasteiger partial charge in [0.1, 0.15) is 11.9 Å². The summed E-state index contributed by atoms with van der Waals surface area (Å²) >= 11 is 0. The molecule has 0 unspecified atom stereocenters. The molecular formula is C18H30ClN5O4S. The molecule has 9 nitrogen and oxygen atoms in total. The minimum absolute atomic E-state index is 0. The van der Waals surface area contributed by atoms with Crippen LogP contribution in [-0.2, 0) is 26.0 Å². The summed E-state index contributed by atoms with van der Waals surface area (Å²) in [6.45, 7) is 5.49. The van der Waals surface area contributed by atoms with Crippen molar-refractivity contribution in [1.29, 1.82) is 0 Å². The number of nitrogens with one attached hydrogen (secondary N) is 3. The third-order valence-electron chi connectivity index (χ3n) is 4.79. The molecule has 0 bridgehead atoms. The Morgan fingerprint density at radius 3 is 2.52 bits per heavy atom. The number of sulfonamides is 1. The van der Waals surface area contributed by atoms with E-state index in [4.69, 9.17) is 0 Å². The molecule has 0 radical (unpaired) electrons. The van der Waals surface area contributed by atoms with Crippen LogP contribution >= 0.6 is 12.4 Å². The van der Waals surface area contributed by atoms with Crippen molar-refractivity contribution in [3.8, 4) is 0 Å². The maximum absolute atomic E-state index is 13.4. The largest absolute Gasteiger partial charge is 0.343 e. The molecule has 1 aliphatic heterocycles. The van der Waals surface area contributed by atoms with Crippen molar-refractivity contribution in [2.45, 2.75) is 45.3 Å². The molecule has 2 amide bonds. The lowest BCUT2D eigenvalue weighted by Gasteiger charge is -2.31. The highest BCUT2D eigenvalue weighted by atomic mass is 35.5. The molecule has 1 aromatic heterocycles. The van der Waals surface area contributed by atoms with E-state index in [1.807, 2.05) is 19.9 Å². The Morgan fingerprint density at radius 1 is 1.31 bits per heavy atom. The molecule has 0 saturated heterocycles. The summed E-state index contributed by atoms with van der Waals surface area (Å²) in [6.07, 6.45) is 3.16. The number of anilines is 1. The van der Waals surface area contributed by atoms with E-state index in [1.54, 1.807) is 26.2 Å². The summed E-state index contributed by atoms with van der Waals surface area (Å²) in [7, 11) is -1.73. The number of hydrogen-bond acceptors (Lipinski definition) is 6. The number of amides is 2. The van der Waals surface area contributed by atoms with Crippen molar-refractivity contribution >= 4 is 40.1 Å². The van der Waals surface area contributed by atoms with E-state index in [9.17, 15) is 18.0 Å². The van der Waals surface area contributed by atoms with Gasteiger partial charge < -0.3 is 10.6 Å². The van der Waals surface area contributed by atoms with Crippen LogP contribution in [0.25, 0.3) is 0 Å². The van der Waals surface area contributed by atoms with Crippen molar-refractivity contribution in [3.63, 3.8) is 0 Å². The van der Waals surface area contributed by atoms with E-state index < -0.39 is 28.1 Å². The van der Waals surface area contributed by atoms with E-state index >= 15 is 0 Å². The minimum Gasteiger partial charge on any atom is -0.343 e. The monoisotopic (exact) mass is 447 g/mol. The first-order chi connectivity index (χ1) is 13.0. The number of aromatic nitrogens is 1. The van der Waals surface area contributed by atoms with Crippen LogP contribution in [0.1, 0.15) is 26.3 Å². The van der Waals surface area contributed by atoms with Crippen LogP contribution < -0.4 is 20.3 Å². The summed E-state index contributed by atoms with van der Waals surface area (Å²) in [4.78, 5) is 31.6. The fourth-order valence-corrected chi connectivity index (χ4v) is 3.59. The fraction of sp³-hybridized carbons (Fsp3) is 0.611. The number of hydrogen-bond donors (Lipinski definition) is 3. The number of carbonyl (C=O) groups excluding carboxylic acids is 2. The standard InChI is InChI=1S/C18H29N5O4S.ClH/c1-11(2)15(22-17(24)12(3)19-4)18(25)23-14(10-21-28(5,26)27)9-13-7-6-8-20-16(13)23;/h6-8,11-12,14-15,19,21H,9-10H2,1-5H3,(H,22,24);1H/t12-,14-,15-;/m0./s1. The van der Waals surface area contributed by atoms with Gasteiger partial charge in [-0.15, -0.1) is 12.4 Å². The number of halogens is 1. The summed E-state index contributed by atoms with van der Waals surface area (Å²) < 4.78 is 25.6. The Labute approximate surface area is 178 Å². The number of fused-ring (bicyclic) bond motifs is 1. The summed E-state index contributed by atoms with van der Waals surface area (Å²) in [5.74, 6) is -0.226. The van der Waals surface area contributed by atoms with Crippen LogP contribution in [0.4, 0.5) is 5.82 Å². The summed E-state index contributed by atoms with van der Waals surface area (Å²) in [5.41, 5.74) is 0.869. The SMILES string of the molecule is CN[C@@H](C)C(=O)N[C@H](C(=O)N1c2ncccc2C[C@H]1CNS(C)(=O)=O)C(C)C.Cl. The van der Waals surface area contributed by atoms with E-state index in [0.29, 0.717) is 12.2 Å². The predicted octanol–water partition coefficient (Wildman–Crippen LogP) is 0.0590. The Bertz CT molecular complexity index is 833. The Hall–Kier alpha value is -1.75. The molecule has 0 fully saturated rings. The summed E-state index contributed by atoms with van der Waals surface area (Å²) in [6, 6.07) is 2.05. The first-order valence-corrected chi connectivity index (χ1v) is 11.1. The molecule has 2 heterocycles. The van der Waals surface area contributed by atoms with Crippen LogP contribution in [-0.4, -0.2) is 63.2 Å². The zero-order valence-corrected chi connectivity index (χ0v) is 18.9. The van der Waals surface area contributed by atoms with Gasteiger partial charge in [-0.2, -0.15) is 0 Å². The molecule has 0 spiro atoms. The van der Waals surface area contributed by atoms with Gasteiger partial charge in [-0.25, -0.2) is 18.1 Å². The number of likely N-dealkylation sites (N-methyl/N-ethyl adjacent to an activating group) is 1. The predicted molar refractivity (Wildman–Crippen MR) is 115 cm³/mol. The molecule has 3 N–H and O–H groups in total. The van der Waals surface area contributed by atoms with Crippen LogP contribution in [0.2, 0.25) is 0 Å². The topological polar surface area (TPSA) is 120 Å². The zero-order chi connectivity index (χ0) is 21.1. The normalized spacial score (nSPS) is 18.0. The molecule has 0 aromatic carbocycles. The third kappa shape index (κ3) is 6.36. The first-order valence-electron chi connectivity index (χ1n) is 9.24. The molecule has 164 valence electrons. The van der Waals surface area contributed by atoms with Crippen LogP contribution in [0.5, 0.6) is 0 Å². The molecule has 0 saturated carbocycles. The molecule has 11 heteroatoms. The van der Waals surface area contributed by atoms with Gasteiger partial charge >= 0.3 is 0 Å². The van der Waals surface area contributed by atoms with Gasteiger partial charge in [0.05, 0.1) is 18.3 Å². The Balaban J connectivity index is 0.00000420. The summed E-state index contributed by atoms with van der Waals surface area (Å²) in [5, 5.41) is 5.66. The van der Waals surface area contributed by atoms with E-state index in [2.05, 4.69) is 20.3 Å². The second-order valence-corrected chi connectivity index (χ2v) is 9.25. The number of rotatable bonds is 8. The van der Waals surface area contributed by atoms with Crippen molar-refractivity contribution in [2.75, 3.05) is 24.7 Å². The van der Waals surface area contributed by atoms with Crippen LogP contribution in [0.15, 0.2) is 18.3 Å². The second-order valence-electron chi connectivity index (χ2n) is 7.41. The van der Waals surface area contributed by atoms with Gasteiger partial charge in [0.25, 0.3) is 5.91 Å². The van der Waals surface area contributed by atoms with Gasteiger partial charge in [0, 0.05) is 12.7 Å². The molecule has 0 aliphatic carbocycles. The number of pyridine rings is 1. The van der Waals surface area contributed by atoms with Crippen LogP contribution in [0.3, 0.4) is 0 Å². The maximum atomic E-state index is 13.4. The van der Waals surface area contributed by atoms with Crippen molar-refractivity contribution in [2.24, 2.45) is 5.92 Å². The molecule has 3 atom stereocenters. The minimum atomic E-state index is -3.40. The van der Waals surface area contributed by atoms with Crippen LogP contribution in [0, 0.1) is 5.92 Å². The second kappa shape index (κ2) is 10.3. The average molecular weight is 448 g/mol. The number of carbonyl (C=O) groups is 2. The highest BCUT2D eigenvalue weighted by Gasteiger charge is 2.39. The first kappa shape index (κ1) is 25.3. The lowest BCUT2D eigenvalue weighted by molar-refractivity contribution is -0.129. The molecule has 1 aromatic rings. The van der Waals surface area contributed by atoms with Crippen molar-refractivity contribution < 1.29 is 18.0 Å². The quantitative estimate of drug-likeness (QED) is 0.518. The molecule has 29 heavy (non-hydrogen) atoms. The molecular weight excluding hydrogens is 418 g/mol. The van der Waals surface area contributed by atoms with Gasteiger partial charge in [-0.3, -0.25) is 14.5 Å². The van der Waals surface area contributed by atoms with E-state index in [-0.39, 0.29) is 36.7 Å². The molecule has 1 aliphatic rings. The van der Waals surface area contributed by atoms with Crippen molar-refractivity contribution in [3.05, 3.63) is 23.9 Å². The molecule has 2 rings (SSSR count). The highest BCUT2D eigenvalue weighted by Crippen LogP contribution is 2.31. The van der Waals surface area contributed by atoms with Crippen molar-refractivity contribution in [1.82, 2.24) is 20.3 Å². The van der Waals surface area contributed by atoms with Gasteiger partial charge in [0.2, 0.25) is 15.9 Å².